The molecule has 0 unspecified atom stereocenters. The van der Waals surface area contributed by atoms with Crippen LogP contribution in [0.1, 0.15) is 5.76 Å². The first-order valence-electron chi connectivity index (χ1n) is 6.76. The lowest BCUT2D eigenvalue weighted by molar-refractivity contribution is -0.0786. The van der Waals surface area contributed by atoms with Crippen molar-refractivity contribution in [1.82, 2.24) is 10.1 Å². The highest BCUT2D eigenvalue weighted by Crippen LogP contribution is 2.29. The Bertz CT molecular complexity index is 632. The lowest BCUT2D eigenvalue weighted by Gasteiger charge is -2.34. The maximum atomic E-state index is 9.91. The third-order valence-corrected chi connectivity index (χ3v) is 4.71. The van der Waals surface area contributed by atoms with Gasteiger partial charge in [-0.15, -0.1) is 11.8 Å². The molecule has 1 aliphatic rings. The number of aryl methyl sites for hydroxylation is 1. The molecular formula is C14H16N2O5S. The van der Waals surface area contributed by atoms with Crippen LogP contribution >= 0.6 is 11.8 Å². The van der Waals surface area contributed by atoms with Crippen LogP contribution in [0.2, 0.25) is 0 Å². The van der Waals surface area contributed by atoms with Crippen LogP contribution in [0.15, 0.2) is 29.0 Å². The molecule has 3 heterocycles. The van der Waals surface area contributed by atoms with Crippen molar-refractivity contribution in [1.29, 1.82) is 0 Å². The van der Waals surface area contributed by atoms with Gasteiger partial charge in [-0.25, -0.2) is 0 Å². The van der Waals surface area contributed by atoms with E-state index in [1.54, 1.807) is 25.3 Å². The van der Waals surface area contributed by atoms with Crippen molar-refractivity contribution in [2.75, 3.05) is 5.75 Å². The normalized spacial score (nSPS) is 28.5. The van der Waals surface area contributed by atoms with E-state index >= 15 is 0 Å². The molecule has 1 fully saturated rings. The zero-order valence-corrected chi connectivity index (χ0v) is 12.6. The van der Waals surface area contributed by atoms with Gasteiger partial charge in [0.2, 0.25) is 0 Å². The largest absolute Gasteiger partial charge is 0.475 e. The molecule has 3 rings (SSSR count). The number of ether oxygens (including phenoxy) is 1. The van der Waals surface area contributed by atoms with Gasteiger partial charge in [-0.05, 0) is 19.1 Å². The van der Waals surface area contributed by atoms with Gasteiger partial charge in [0.05, 0.1) is 29.8 Å². The van der Waals surface area contributed by atoms with Crippen molar-refractivity contribution in [2.45, 2.75) is 30.7 Å². The zero-order valence-electron chi connectivity index (χ0n) is 11.8. The lowest BCUT2D eigenvalue weighted by Crippen LogP contribution is -2.50. The second-order valence-corrected chi connectivity index (χ2v) is 6.17. The molecule has 0 spiro atoms. The third-order valence-electron chi connectivity index (χ3n) is 3.47. The van der Waals surface area contributed by atoms with Crippen molar-refractivity contribution < 1.29 is 24.6 Å². The van der Waals surface area contributed by atoms with Crippen LogP contribution in [0.4, 0.5) is 0 Å². The van der Waals surface area contributed by atoms with Gasteiger partial charge in [-0.3, -0.25) is 4.98 Å². The van der Waals surface area contributed by atoms with Gasteiger partial charge in [0.15, 0.2) is 5.44 Å². The van der Waals surface area contributed by atoms with Crippen molar-refractivity contribution in [3.8, 4) is 17.0 Å². The van der Waals surface area contributed by atoms with E-state index in [0.29, 0.717) is 23.0 Å². The molecule has 0 saturated carbocycles. The molecule has 1 aliphatic heterocycles. The number of hydrogen-bond acceptors (Lipinski definition) is 8. The Kier molecular flexibility index (Phi) is 4.34. The molecule has 7 nitrogen and oxygen atoms in total. The average Bonchev–Trinajstić information content (AvgIpc) is 2.95. The van der Waals surface area contributed by atoms with E-state index in [4.69, 9.17) is 9.26 Å². The van der Waals surface area contributed by atoms with Crippen molar-refractivity contribution in [2.24, 2.45) is 0 Å². The van der Waals surface area contributed by atoms with E-state index in [9.17, 15) is 15.3 Å². The van der Waals surface area contributed by atoms with Crippen molar-refractivity contribution >= 4 is 11.8 Å². The van der Waals surface area contributed by atoms with Crippen LogP contribution in [0.25, 0.3) is 11.3 Å². The quantitative estimate of drug-likeness (QED) is 0.752. The monoisotopic (exact) mass is 324 g/mol. The first kappa shape index (κ1) is 15.3. The summed E-state index contributed by atoms with van der Waals surface area (Å²) < 4.78 is 10.6. The van der Waals surface area contributed by atoms with Crippen LogP contribution in [-0.4, -0.2) is 55.0 Å². The molecule has 118 valence electrons. The van der Waals surface area contributed by atoms with Gasteiger partial charge in [0, 0.05) is 5.75 Å². The zero-order chi connectivity index (χ0) is 15.7. The predicted octanol–water partition coefficient (Wildman–Crippen LogP) is 0.579. The van der Waals surface area contributed by atoms with E-state index in [2.05, 4.69) is 10.1 Å². The minimum absolute atomic E-state index is 0.300. The second kappa shape index (κ2) is 6.25. The molecule has 0 radical (unpaired) electrons. The number of aliphatic hydroxyl groups is 3. The first-order valence-corrected chi connectivity index (χ1v) is 7.81. The minimum atomic E-state index is -1.21. The molecule has 22 heavy (non-hydrogen) atoms. The number of hydrogen-bond donors (Lipinski definition) is 3. The molecule has 0 aromatic carbocycles. The molecule has 0 aliphatic carbocycles. The van der Waals surface area contributed by atoms with E-state index < -0.39 is 23.7 Å². The standard InChI is InChI=1S/C14H16N2O5S/c1-7-9(5-16-21-7)10-3-2-8(4-15-10)20-14-13(19)12(18)11(17)6-22-14/h2-5,11-14,17-19H,6H2,1H3/t11-,12+,13-,14-/m1/s1. The highest BCUT2D eigenvalue weighted by molar-refractivity contribution is 7.99. The molecule has 8 heteroatoms. The Morgan fingerprint density at radius 2 is 2.05 bits per heavy atom. The van der Waals surface area contributed by atoms with Gasteiger partial charge in [-0.1, -0.05) is 5.16 Å². The molecule has 2 aromatic rings. The number of nitrogens with zero attached hydrogens (tertiary/aromatic N) is 2. The summed E-state index contributed by atoms with van der Waals surface area (Å²) in [6.45, 7) is 1.80. The van der Waals surface area contributed by atoms with Crippen molar-refractivity contribution in [3.63, 3.8) is 0 Å². The average molecular weight is 324 g/mol. The number of pyridine rings is 1. The van der Waals surface area contributed by atoms with Gasteiger partial charge >= 0.3 is 0 Å². The summed E-state index contributed by atoms with van der Waals surface area (Å²) in [4.78, 5) is 4.28. The minimum Gasteiger partial charge on any atom is -0.475 e. The molecule has 0 bridgehead atoms. The molecule has 0 amide bonds. The lowest BCUT2D eigenvalue weighted by atomic mass is 10.1. The fraction of sp³-hybridized carbons (Fsp3) is 0.429. The van der Waals surface area contributed by atoms with E-state index in [-0.39, 0.29) is 0 Å². The number of rotatable bonds is 3. The fourth-order valence-electron chi connectivity index (χ4n) is 2.17. The number of aromatic nitrogens is 2. The third kappa shape index (κ3) is 2.95. The highest BCUT2D eigenvalue weighted by atomic mass is 32.2. The Hall–Kier alpha value is -1.61. The van der Waals surface area contributed by atoms with Crippen LogP contribution < -0.4 is 4.74 Å². The van der Waals surface area contributed by atoms with Crippen LogP contribution in [0.3, 0.4) is 0 Å². The fourth-order valence-corrected chi connectivity index (χ4v) is 3.29. The molecule has 4 atom stereocenters. The van der Waals surface area contributed by atoms with Crippen LogP contribution in [0.5, 0.6) is 5.75 Å². The number of thioether (sulfide) groups is 1. The Morgan fingerprint density at radius 3 is 2.68 bits per heavy atom. The molecular weight excluding hydrogens is 308 g/mol. The van der Waals surface area contributed by atoms with E-state index in [1.807, 2.05) is 0 Å². The Labute approximate surface area is 130 Å². The summed E-state index contributed by atoms with van der Waals surface area (Å²) in [5.74, 6) is 1.45. The Balaban J connectivity index is 1.70. The topological polar surface area (TPSA) is 109 Å². The van der Waals surface area contributed by atoms with Gasteiger partial charge in [-0.2, -0.15) is 0 Å². The van der Waals surface area contributed by atoms with E-state index in [0.717, 1.165) is 5.56 Å². The molecule has 3 N–H and O–H groups in total. The SMILES string of the molecule is Cc1oncc1-c1ccc(O[C@@H]2SC[C@@H](O)[C@H](O)[C@H]2O)cn1. The van der Waals surface area contributed by atoms with Crippen molar-refractivity contribution in [3.05, 3.63) is 30.3 Å². The Morgan fingerprint density at radius 1 is 1.23 bits per heavy atom. The predicted molar refractivity (Wildman–Crippen MR) is 79.4 cm³/mol. The van der Waals surface area contributed by atoms with Crippen LogP contribution in [-0.2, 0) is 0 Å². The van der Waals surface area contributed by atoms with Gasteiger partial charge in [0.25, 0.3) is 0 Å². The van der Waals surface area contributed by atoms with E-state index in [1.165, 1.54) is 18.0 Å². The number of aliphatic hydroxyl groups excluding tert-OH is 3. The maximum Gasteiger partial charge on any atom is 0.173 e. The maximum absolute atomic E-state index is 9.91. The summed E-state index contributed by atoms with van der Waals surface area (Å²) >= 11 is 1.25. The summed E-state index contributed by atoms with van der Waals surface area (Å²) in [5.41, 5.74) is 0.860. The molecule has 2 aromatic heterocycles. The summed E-state index contributed by atoms with van der Waals surface area (Å²) in [6.07, 6.45) is -0.188. The summed E-state index contributed by atoms with van der Waals surface area (Å²) in [6, 6.07) is 3.49. The summed E-state index contributed by atoms with van der Waals surface area (Å²) in [7, 11) is 0. The molecule has 1 saturated heterocycles. The summed E-state index contributed by atoms with van der Waals surface area (Å²) in [5, 5.41) is 32.8. The second-order valence-electron chi connectivity index (χ2n) is 5.04. The van der Waals surface area contributed by atoms with Crippen LogP contribution in [0, 0.1) is 6.92 Å². The highest BCUT2D eigenvalue weighted by Gasteiger charge is 2.38. The smallest absolute Gasteiger partial charge is 0.173 e. The van der Waals surface area contributed by atoms with Gasteiger partial charge in [0.1, 0.15) is 23.7 Å². The van der Waals surface area contributed by atoms with Gasteiger partial charge < -0.3 is 24.6 Å². The first-order chi connectivity index (χ1) is 10.6.